The van der Waals surface area contributed by atoms with E-state index in [1.54, 1.807) is 6.92 Å². The second kappa shape index (κ2) is 8.56. The molecule has 0 aliphatic carbocycles. The van der Waals surface area contributed by atoms with Crippen molar-refractivity contribution in [2.24, 2.45) is 0 Å². The minimum Gasteiger partial charge on any atom is -0.480 e. The van der Waals surface area contributed by atoms with Gasteiger partial charge in [0.1, 0.15) is 11.9 Å². The Balaban J connectivity index is 1.89. The van der Waals surface area contributed by atoms with Crippen LogP contribution in [0.1, 0.15) is 20.8 Å². The van der Waals surface area contributed by atoms with Crippen LogP contribution < -0.4 is 15.5 Å². The minimum absolute atomic E-state index is 0.411. The molecular formula is C21H25N5O2. The van der Waals surface area contributed by atoms with Gasteiger partial charge < -0.3 is 20.6 Å². The third-order valence-corrected chi connectivity index (χ3v) is 4.58. The Morgan fingerprint density at radius 3 is 2.39 bits per heavy atom. The molecule has 0 saturated carbocycles. The fraction of sp³-hybridized carbons (Fsp3) is 0.286. The predicted molar refractivity (Wildman–Crippen MR) is 114 cm³/mol. The zero-order chi connectivity index (χ0) is 20.1. The largest absolute Gasteiger partial charge is 0.480 e. The van der Waals surface area contributed by atoms with Gasteiger partial charge in [-0.1, -0.05) is 12.1 Å². The number of hydrogen-bond acceptors (Lipinski definition) is 6. The van der Waals surface area contributed by atoms with E-state index in [0.717, 1.165) is 35.4 Å². The van der Waals surface area contributed by atoms with Crippen molar-refractivity contribution in [1.29, 1.82) is 0 Å². The molecule has 0 fully saturated rings. The second-order valence-corrected chi connectivity index (χ2v) is 6.46. The summed E-state index contributed by atoms with van der Waals surface area (Å²) in [6.45, 7) is 7.75. The maximum atomic E-state index is 11.2. The molecule has 1 atom stereocenters. The third-order valence-electron chi connectivity index (χ3n) is 4.58. The van der Waals surface area contributed by atoms with Crippen LogP contribution in [0.5, 0.6) is 0 Å². The van der Waals surface area contributed by atoms with Crippen LogP contribution in [0.15, 0.2) is 48.5 Å². The normalized spacial score (nSPS) is 11.8. The molecule has 3 rings (SSSR count). The molecule has 7 heteroatoms. The molecule has 0 radical (unpaired) electrons. The molecule has 0 amide bonds. The van der Waals surface area contributed by atoms with E-state index in [0.29, 0.717) is 11.8 Å². The van der Waals surface area contributed by atoms with E-state index in [9.17, 15) is 9.90 Å². The Morgan fingerprint density at radius 1 is 1.07 bits per heavy atom. The first kappa shape index (κ1) is 19.4. The quantitative estimate of drug-likeness (QED) is 0.543. The molecule has 0 bridgehead atoms. The highest BCUT2D eigenvalue weighted by molar-refractivity contribution is 5.92. The van der Waals surface area contributed by atoms with Crippen LogP contribution in [-0.2, 0) is 4.79 Å². The fourth-order valence-corrected chi connectivity index (χ4v) is 2.98. The van der Waals surface area contributed by atoms with Gasteiger partial charge in [-0.25, -0.2) is 4.98 Å². The van der Waals surface area contributed by atoms with Crippen LogP contribution in [0.3, 0.4) is 0 Å². The second-order valence-electron chi connectivity index (χ2n) is 6.46. The molecule has 0 saturated heterocycles. The van der Waals surface area contributed by atoms with Gasteiger partial charge in [0.05, 0.1) is 5.52 Å². The lowest BCUT2D eigenvalue weighted by Gasteiger charge is -2.21. The lowest BCUT2D eigenvalue weighted by Crippen LogP contribution is -2.26. The highest BCUT2D eigenvalue weighted by Crippen LogP contribution is 2.25. The van der Waals surface area contributed by atoms with Crippen LogP contribution in [0.2, 0.25) is 0 Å². The number of para-hydroxylation sites is 1. The van der Waals surface area contributed by atoms with Crippen molar-refractivity contribution < 1.29 is 9.90 Å². The molecule has 3 N–H and O–H groups in total. The van der Waals surface area contributed by atoms with E-state index >= 15 is 0 Å². The van der Waals surface area contributed by atoms with Crippen molar-refractivity contribution in [3.05, 3.63) is 48.5 Å². The average Bonchev–Trinajstić information content (AvgIpc) is 2.70. The van der Waals surface area contributed by atoms with Crippen LogP contribution >= 0.6 is 0 Å². The van der Waals surface area contributed by atoms with Gasteiger partial charge >= 0.3 is 5.97 Å². The van der Waals surface area contributed by atoms with Crippen molar-refractivity contribution in [1.82, 2.24) is 9.97 Å². The summed E-state index contributed by atoms with van der Waals surface area (Å²) in [5.41, 5.74) is 2.76. The molecule has 0 aliphatic heterocycles. The van der Waals surface area contributed by atoms with Gasteiger partial charge in [-0.15, -0.1) is 0 Å². The lowest BCUT2D eigenvalue weighted by atomic mass is 10.2. The number of anilines is 4. The molecular weight excluding hydrogens is 354 g/mol. The summed E-state index contributed by atoms with van der Waals surface area (Å²) >= 11 is 0. The molecule has 28 heavy (non-hydrogen) atoms. The topological polar surface area (TPSA) is 90.4 Å². The number of carbonyl (C=O) groups is 1. The number of carboxylic acid groups (broad SMARTS) is 1. The predicted octanol–water partition coefficient (Wildman–Crippen LogP) is 4.10. The third kappa shape index (κ3) is 4.31. The van der Waals surface area contributed by atoms with Crippen molar-refractivity contribution in [3.8, 4) is 0 Å². The van der Waals surface area contributed by atoms with Crippen molar-refractivity contribution in [3.63, 3.8) is 0 Å². The highest BCUT2D eigenvalue weighted by atomic mass is 16.4. The Labute approximate surface area is 164 Å². The summed E-state index contributed by atoms with van der Waals surface area (Å²) in [5, 5.41) is 16.1. The minimum atomic E-state index is -0.941. The number of rotatable bonds is 8. The van der Waals surface area contributed by atoms with Gasteiger partial charge in [0, 0.05) is 29.9 Å². The van der Waals surface area contributed by atoms with Crippen LogP contribution in [0, 0.1) is 0 Å². The summed E-state index contributed by atoms with van der Waals surface area (Å²) in [6.07, 6.45) is 0. The van der Waals surface area contributed by atoms with E-state index in [1.165, 1.54) is 0 Å². The van der Waals surface area contributed by atoms with Crippen molar-refractivity contribution in [2.45, 2.75) is 26.8 Å². The van der Waals surface area contributed by atoms with E-state index in [1.807, 2.05) is 36.4 Å². The summed E-state index contributed by atoms with van der Waals surface area (Å²) in [7, 11) is 0. The standard InChI is InChI=1S/C21H25N5O2/c1-4-26(5-2)16-12-10-15(11-13-16)23-21-24-18-9-7-6-8-17(18)19(25-21)22-14(3)20(27)28/h6-14H,4-5H2,1-3H3,(H,27,28)(H2,22,23,24,25). The zero-order valence-electron chi connectivity index (χ0n) is 16.3. The molecule has 3 aromatic rings. The zero-order valence-corrected chi connectivity index (χ0v) is 16.3. The van der Waals surface area contributed by atoms with E-state index in [2.05, 4.69) is 51.5 Å². The number of aromatic nitrogens is 2. The lowest BCUT2D eigenvalue weighted by molar-refractivity contribution is -0.137. The summed E-state index contributed by atoms with van der Waals surface area (Å²) in [5.74, 6) is -0.0404. The number of carboxylic acids is 1. The van der Waals surface area contributed by atoms with E-state index < -0.39 is 12.0 Å². The maximum Gasteiger partial charge on any atom is 0.325 e. The Hall–Kier alpha value is -3.35. The summed E-state index contributed by atoms with van der Waals surface area (Å²) in [4.78, 5) is 22.6. The van der Waals surface area contributed by atoms with Gasteiger partial charge in [-0.2, -0.15) is 4.98 Å². The molecule has 146 valence electrons. The molecule has 0 spiro atoms. The number of benzene rings is 2. The molecule has 1 heterocycles. The number of nitrogens with zero attached hydrogens (tertiary/aromatic N) is 3. The first-order valence-electron chi connectivity index (χ1n) is 9.40. The van der Waals surface area contributed by atoms with Gasteiger partial charge in [0.2, 0.25) is 5.95 Å². The van der Waals surface area contributed by atoms with Gasteiger partial charge in [-0.3, -0.25) is 4.79 Å². The average molecular weight is 379 g/mol. The number of hydrogen-bond donors (Lipinski definition) is 3. The highest BCUT2D eigenvalue weighted by Gasteiger charge is 2.15. The smallest absolute Gasteiger partial charge is 0.325 e. The monoisotopic (exact) mass is 379 g/mol. The Morgan fingerprint density at radius 2 is 1.75 bits per heavy atom. The number of aliphatic carboxylic acids is 1. The molecule has 1 aromatic heterocycles. The van der Waals surface area contributed by atoms with E-state index in [-0.39, 0.29) is 0 Å². The molecule has 2 aromatic carbocycles. The van der Waals surface area contributed by atoms with Gasteiger partial charge in [0.15, 0.2) is 0 Å². The van der Waals surface area contributed by atoms with Crippen LogP contribution in [-0.4, -0.2) is 40.2 Å². The Kier molecular flexibility index (Phi) is 5.93. The SMILES string of the molecule is CCN(CC)c1ccc(Nc2nc(NC(C)C(=O)O)c3ccccc3n2)cc1. The maximum absolute atomic E-state index is 11.2. The van der Waals surface area contributed by atoms with Crippen molar-refractivity contribution >= 4 is 40.0 Å². The van der Waals surface area contributed by atoms with E-state index in [4.69, 9.17) is 0 Å². The van der Waals surface area contributed by atoms with Crippen LogP contribution in [0.25, 0.3) is 10.9 Å². The molecule has 0 aliphatic rings. The first-order valence-corrected chi connectivity index (χ1v) is 9.40. The number of fused-ring (bicyclic) bond motifs is 1. The van der Waals surface area contributed by atoms with Gasteiger partial charge in [-0.05, 0) is 57.2 Å². The Bertz CT molecular complexity index is 955. The summed E-state index contributed by atoms with van der Waals surface area (Å²) in [6, 6.07) is 14.8. The molecule has 1 unspecified atom stereocenters. The number of nitrogens with one attached hydrogen (secondary N) is 2. The first-order chi connectivity index (χ1) is 13.5. The van der Waals surface area contributed by atoms with Crippen LogP contribution in [0.4, 0.5) is 23.1 Å². The fourth-order valence-electron chi connectivity index (χ4n) is 2.98. The molecule has 7 nitrogen and oxygen atoms in total. The van der Waals surface area contributed by atoms with Gasteiger partial charge in [0.25, 0.3) is 0 Å². The summed E-state index contributed by atoms with van der Waals surface area (Å²) < 4.78 is 0. The van der Waals surface area contributed by atoms with Crippen molar-refractivity contribution in [2.75, 3.05) is 28.6 Å².